The van der Waals surface area contributed by atoms with Crippen LogP contribution in [0.2, 0.25) is 0 Å². The highest BCUT2D eigenvalue weighted by atomic mass is 32.1. The predicted octanol–water partition coefficient (Wildman–Crippen LogP) is 1.70. The molecule has 3 heterocycles. The lowest BCUT2D eigenvalue weighted by Crippen LogP contribution is -2.35. The van der Waals surface area contributed by atoms with E-state index in [9.17, 15) is 0 Å². The van der Waals surface area contributed by atoms with Crippen molar-refractivity contribution in [1.82, 2.24) is 9.88 Å². The SMILES string of the molecule is Cc1cc(C(N)=S)cc(N2CCC(N3CCCC3)C2)n1. The van der Waals surface area contributed by atoms with Gasteiger partial charge in [0.05, 0.1) is 0 Å². The second-order valence-corrected chi connectivity index (χ2v) is 6.29. The monoisotopic (exact) mass is 290 g/mol. The van der Waals surface area contributed by atoms with E-state index >= 15 is 0 Å². The van der Waals surface area contributed by atoms with Crippen molar-refractivity contribution in [2.24, 2.45) is 5.73 Å². The van der Waals surface area contributed by atoms with Crippen molar-refractivity contribution >= 4 is 23.0 Å². The molecule has 0 aromatic carbocycles. The lowest BCUT2D eigenvalue weighted by atomic mass is 10.2. The molecule has 2 fully saturated rings. The summed E-state index contributed by atoms with van der Waals surface area (Å²) in [4.78, 5) is 10.1. The maximum atomic E-state index is 5.75. The van der Waals surface area contributed by atoms with Crippen LogP contribution in [-0.2, 0) is 0 Å². The molecule has 1 aromatic rings. The first-order chi connectivity index (χ1) is 9.63. The van der Waals surface area contributed by atoms with Gasteiger partial charge in [0.15, 0.2) is 0 Å². The molecule has 0 saturated carbocycles. The summed E-state index contributed by atoms with van der Waals surface area (Å²) in [6.45, 7) is 6.68. The average Bonchev–Trinajstić information content (AvgIpc) is 3.09. The number of thiocarbonyl (C=S) groups is 1. The fourth-order valence-electron chi connectivity index (χ4n) is 3.31. The van der Waals surface area contributed by atoms with Crippen LogP contribution in [0.15, 0.2) is 12.1 Å². The van der Waals surface area contributed by atoms with Gasteiger partial charge in [-0.25, -0.2) is 4.98 Å². The Morgan fingerprint density at radius 1 is 1.30 bits per heavy atom. The lowest BCUT2D eigenvalue weighted by Gasteiger charge is -2.24. The zero-order valence-corrected chi connectivity index (χ0v) is 12.8. The number of nitrogens with zero attached hydrogens (tertiary/aromatic N) is 3. The standard InChI is InChI=1S/C15H22N4S/c1-11-8-12(15(16)20)9-14(17-11)19-7-4-13(10-19)18-5-2-3-6-18/h8-9,13H,2-7,10H2,1H3,(H2,16,20). The van der Waals surface area contributed by atoms with Crippen molar-refractivity contribution < 1.29 is 0 Å². The van der Waals surface area contributed by atoms with Crippen LogP contribution in [0, 0.1) is 6.92 Å². The number of rotatable bonds is 3. The number of aryl methyl sites for hydroxylation is 1. The summed E-state index contributed by atoms with van der Waals surface area (Å²) >= 11 is 5.09. The molecule has 2 aliphatic rings. The highest BCUT2D eigenvalue weighted by molar-refractivity contribution is 7.80. The van der Waals surface area contributed by atoms with E-state index in [0.717, 1.165) is 30.2 Å². The minimum absolute atomic E-state index is 0.451. The summed E-state index contributed by atoms with van der Waals surface area (Å²) in [7, 11) is 0. The topological polar surface area (TPSA) is 45.4 Å². The number of pyridine rings is 1. The quantitative estimate of drug-likeness (QED) is 0.859. The number of hydrogen-bond acceptors (Lipinski definition) is 4. The molecule has 0 aliphatic carbocycles. The highest BCUT2D eigenvalue weighted by Crippen LogP contribution is 2.25. The van der Waals surface area contributed by atoms with Crippen molar-refractivity contribution in [3.8, 4) is 0 Å². The number of anilines is 1. The van der Waals surface area contributed by atoms with Gasteiger partial charge in [-0.05, 0) is 51.4 Å². The Morgan fingerprint density at radius 2 is 2.05 bits per heavy atom. The second-order valence-electron chi connectivity index (χ2n) is 5.85. The molecule has 2 N–H and O–H groups in total. The molecular formula is C15H22N4S. The second kappa shape index (κ2) is 5.66. The third kappa shape index (κ3) is 2.79. The normalized spacial score (nSPS) is 23.4. The molecule has 3 rings (SSSR count). The minimum atomic E-state index is 0.451. The van der Waals surface area contributed by atoms with Crippen LogP contribution in [-0.4, -0.2) is 47.1 Å². The maximum absolute atomic E-state index is 5.75. The Hall–Kier alpha value is -1.20. The van der Waals surface area contributed by atoms with Crippen LogP contribution in [0.4, 0.5) is 5.82 Å². The number of likely N-dealkylation sites (tertiary alicyclic amines) is 1. The van der Waals surface area contributed by atoms with Crippen molar-refractivity contribution in [3.63, 3.8) is 0 Å². The zero-order valence-electron chi connectivity index (χ0n) is 12.0. The van der Waals surface area contributed by atoms with E-state index in [2.05, 4.69) is 14.8 Å². The fourth-order valence-corrected chi connectivity index (χ4v) is 3.43. The van der Waals surface area contributed by atoms with E-state index < -0.39 is 0 Å². The summed E-state index contributed by atoms with van der Waals surface area (Å²) in [6.07, 6.45) is 3.94. The summed E-state index contributed by atoms with van der Waals surface area (Å²) in [6, 6.07) is 4.68. The Balaban J connectivity index is 1.75. The molecule has 108 valence electrons. The Bertz CT molecular complexity index is 511. The summed E-state index contributed by atoms with van der Waals surface area (Å²) in [5, 5.41) is 0. The smallest absolute Gasteiger partial charge is 0.129 e. The highest BCUT2D eigenvalue weighted by Gasteiger charge is 2.30. The van der Waals surface area contributed by atoms with E-state index in [1.54, 1.807) is 0 Å². The first kappa shape index (κ1) is 13.8. The third-order valence-corrected chi connectivity index (χ3v) is 4.60. The summed E-state index contributed by atoms with van der Waals surface area (Å²) in [5.41, 5.74) is 7.66. The van der Waals surface area contributed by atoms with Crippen molar-refractivity contribution in [2.75, 3.05) is 31.1 Å². The lowest BCUT2D eigenvalue weighted by molar-refractivity contribution is 0.260. The van der Waals surface area contributed by atoms with E-state index in [4.69, 9.17) is 18.0 Å². The van der Waals surface area contributed by atoms with Gasteiger partial charge >= 0.3 is 0 Å². The average molecular weight is 290 g/mol. The third-order valence-electron chi connectivity index (χ3n) is 4.37. The van der Waals surface area contributed by atoms with Crippen LogP contribution in [0.25, 0.3) is 0 Å². The maximum Gasteiger partial charge on any atom is 0.129 e. The van der Waals surface area contributed by atoms with Gasteiger partial charge in [-0.2, -0.15) is 0 Å². The van der Waals surface area contributed by atoms with Crippen molar-refractivity contribution in [1.29, 1.82) is 0 Å². The Labute approximate surface area is 126 Å². The van der Waals surface area contributed by atoms with Crippen molar-refractivity contribution in [3.05, 3.63) is 23.4 Å². The van der Waals surface area contributed by atoms with E-state index in [-0.39, 0.29) is 0 Å². The fraction of sp³-hybridized carbons (Fsp3) is 0.600. The molecule has 0 spiro atoms. The van der Waals surface area contributed by atoms with E-state index in [0.29, 0.717) is 11.0 Å². The minimum Gasteiger partial charge on any atom is -0.389 e. The Kier molecular flexibility index (Phi) is 3.89. The summed E-state index contributed by atoms with van der Waals surface area (Å²) in [5.74, 6) is 1.02. The van der Waals surface area contributed by atoms with Gasteiger partial charge in [0.25, 0.3) is 0 Å². The molecule has 4 nitrogen and oxygen atoms in total. The molecule has 20 heavy (non-hydrogen) atoms. The first-order valence-corrected chi connectivity index (χ1v) is 7.82. The molecule has 1 atom stereocenters. The van der Waals surface area contributed by atoms with Crippen LogP contribution in [0.5, 0.6) is 0 Å². The van der Waals surface area contributed by atoms with Gasteiger partial charge in [0, 0.05) is 30.4 Å². The van der Waals surface area contributed by atoms with Crippen LogP contribution in [0.3, 0.4) is 0 Å². The number of aromatic nitrogens is 1. The first-order valence-electron chi connectivity index (χ1n) is 7.41. The molecule has 1 aromatic heterocycles. The predicted molar refractivity (Wildman–Crippen MR) is 86.3 cm³/mol. The van der Waals surface area contributed by atoms with Crippen LogP contribution in [0.1, 0.15) is 30.5 Å². The molecule has 5 heteroatoms. The van der Waals surface area contributed by atoms with Crippen LogP contribution >= 0.6 is 12.2 Å². The largest absolute Gasteiger partial charge is 0.389 e. The molecule has 0 radical (unpaired) electrons. The van der Waals surface area contributed by atoms with Crippen LogP contribution < -0.4 is 10.6 Å². The van der Waals surface area contributed by atoms with E-state index in [1.807, 2.05) is 19.1 Å². The van der Waals surface area contributed by atoms with Crippen molar-refractivity contribution in [2.45, 2.75) is 32.2 Å². The number of nitrogens with two attached hydrogens (primary N) is 1. The molecule has 1 unspecified atom stereocenters. The molecule has 0 bridgehead atoms. The molecule has 0 amide bonds. The van der Waals surface area contributed by atoms with E-state index in [1.165, 1.54) is 32.4 Å². The molecule has 2 aliphatic heterocycles. The van der Waals surface area contributed by atoms with Gasteiger partial charge in [-0.15, -0.1) is 0 Å². The number of hydrogen-bond donors (Lipinski definition) is 1. The zero-order chi connectivity index (χ0) is 14.1. The van der Waals surface area contributed by atoms with Gasteiger partial charge in [-0.1, -0.05) is 12.2 Å². The van der Waals surface area contributed by atoms with Gasteiger partial charge in [0.2, 0.25) is 0 Å². The molecule has 2 saturated heterocycles. The van der Waals surface area contributed by atoms with Gasteiger partial charge < -0.3 is 10.6 Å². The van der Waals surface area contributed by atoms with Gasteiger partial charge in [0.1, 0.15) is 10.8 Å². The Morgan fingerprint density at radius 3 is 2.75 bits per heavy atom. The van der Waals surface area contributed by atoms with Gasteiger partial charge in [-0.3, -0.25) is 4.90 Å². The summed E-state index contributed by atoms with van der Waals surface area (Å²) < 4.78 is 0. The molecular weight excluding hydrogens is 268 g/mol.